The van der Waals surface area contributed by atoms with E-state index >= 15 is 0 Å². The Morgan fingerprint density at radius 1 is 1.18 bits per heavy atom. The summed E-state index contributed by atoms with van der Waals surface area (Å²) >= 11 is 1.14. The number of hydrogen-bond donors (Lipinski definition) is 2. The standard InChI is InChI=1S/C15H19NO5S/c17-11-16-8-10-21-9-7-15(20)22-13-4-1-12(2-5-13)3-6-14(18)19/h1-2,4-5,11H,3,6-10H2,(H,16,17)(H,18,19). The second kappa shape index (κ2) is 10.8. The Morgan fingerprint density at radius 3 is 2.55 bits per heavy atom. The fourth-order valence-corrected chi connectivity index (χ4v) is 2.33. The lowest BCUT2D eigenvalue weighted by Gasteiger charge is -2.04. The molecule has 1 aromatic carbocycles. The van der Waals surface area contributed by atoms with Crippen molar-refractivity contribution in [2.45, 2.75) is 24.2 Å². The van der Waals surface area contributed by atoms with E-state index < -0.39 is 5.97 Å². The van der Waals surface area contributed by atoms with Gasteiger partial charge < -0.3 is 15.2 Å². The van der Waals surface area contributed by atoms with Gasteiger partial charge in [-0.15, -0.1) is 0 Å². The average molecular weight is 325 g/mol. The van der Waals surface area contributed by atoms with Crippen LogP contribution in [0.3, 0.4) is 0 Å². The number of thioether (sulfide) groups is 1. The second-order valence-electron chi connectivity index (χ2n) is 4.45. The van der Waals surface area contributed by atoms with Gasteiger partial charge >= 0.3 is 5.97 Å². The lowest BCUT2D eigenvalue weighted by molar-refractivity contribution is -0.137. The highest BCUT2D eigenvalue weighted by molar-refractivity contribution is 8.13. The van der Waals surface area contributed by atoms with Gasteiger partial charge in [0.1, 0.15) is 0 Å². The maximum absolute atomic E-state index is 11.7. The Morgan fingerprint density at radius 2 is 1.91 bits per heavy atom. The van der Waals surface area contributed by atoms with Crippen molar-refractivity contribution >= 4 is 29.3 Å². The Kier molecular flexibility index (Phi) is 8.94. The molecule has 1 aromatic rings. The number of carboxylic acids is 1. The molecule has 7 heteroatoms. The average Bonchev–Trinajstić information content (AvgIpc) is 2.50. The van der Waals surface area contributed by atoms with Crippen LogP contribution in [0, 0.1) is 0 Å². The third-order valence-electron chi connectivity index (χ3n) is 2.71. The number of amides is 1. The molecule has 0 aromatic heterocycles. The van der Waals surface area contributed by atoms with Crippen LogP contribution in [0.15, 0.2) is 29.2 Å². The van der Waals surface area contributed by atoms with Crippen molar-refractivity contribution in [1.29, 1.82) is 0 Å². The van der Waals surface area contributed by atoms with Crippen LogP contribution in [0.25, 0.3) is 0 Å². The molecule has 0 saturated heterocycles. The van der Waals surface area contributed by atoms with Crippen molar-refractivity contribution in [3.8, 4) is 0 Å². The van der Waals surface area contributed by atoms with Crippen molar-refractivity contribution < 1.29 is 24.2 Å². The van der Waals surface area contributed by atoms with Gasteiger partial charge in [-0.25, -0.2) is 0 Å². The number of rotatable bonds is 11. The number of aliphatic carboxylic acids is 1. The van der Waals surface area contributed by atoms with Gasteiger partial charge in [-0.3, -0.25) is 14.4 Å². The van der Waals surface area contributed by atoms with Crippen LogP contribution in [0.4, 0.5) is 0 Å². The maximum atomic E-state index is 11.7. The molecule has 120 valence electrons. The van der Waals surface area contributed by atoms with Gasteiger partial charge in [-0.2, -0.15) is 0 Å². The van der Waals surface area contributed by atoms with E-state index in [1.807, 2.05) is 24.3 Å². The van der Waals surface area contributed by atoms with Crippen LogP contribution < -0.4 is 5.32 Å². The van der Waals surface area contributed by atoms with Gasteiger partial charge in [0.2, 0.25) is 6.41 Å². The molecule has 0 atom stereocenters. The van der Waals surface area contributed by atoms with Crippen LogP contribution >= 0.6 is 11.8 Å². The minimum atomic E-state index is -0.822. The largest absolute Gasteiger partial charge is 0.481 e. The molecule has 2 N–H and O–H groups in total. The number of nitrogens with one attached hydrogen (secondary N) is 1. The van der Waals surface area contributed by atoms with Crippen LogP contribution in [-0.4, -0.2) is 42.4 Å². The monoisotopic (exact) mass is 325 g/mol. The van der Waals surface area contributed by atoms with E-state index in [2.05, 4.69) is 5.32 Å². The maximum Gasteiger partial charge on any atom is 0.303 e. The van der Waals surface area contributed by atoms with Crippen LogP contribution in [0.5, 0.6) is 0 Å². The summed E-state index contributed by atoms with van der Waals surface area (Å²) in [6.45, 7) is 1.14. The van der Waals surface area contributed by atoms with E-state index in [4.69, 9.17) is 9.84 Å². The van der Waals surface area contributed by atoms with Gasteiger partial charge in [-0.05, 0) is 24.1 Å². The smallest absolute Gasteiger partial charge is 0.303 e. The minimum Gasteiger partial charge on any atom is -0.481 e. The summed E-state index contributed by atoms with van der Waals surface area (Å²) in [4.78, 5) is 33.0. The van der Waals surface area contributed by atoms with E-state index in [-0.39, 0.29) is 11.5 Å². The third-order valence-corrected chi connectivity index (χ3v) is 3.65. The summed E-state index contributed by atoms with van der Waals surface area (Å²) in [6, 6.07) is 7.30. The highest BCUT2D eigenvalue weighted by Gasteiger charge is 2.05. The molecule has 0 aliphatic carbocycles. The van der Waals surface area contributed by atoms with Crippen molar-refractivity contribution in [1.82, 2.24) is 5.32 Å². The first kappa shape index (κ1) is 18.2. The number of carboxylic acid groups (broad SMARTS) is 1. The van der Waals surface area contributed by atoms with E-state index in [1.54, 1.807) is 0 Å². The molecule has 6 nitrogen and oxygen atoms in total. The quantitative estimate of drug-likeness (QED) is 0.364. The number of benzene rings is 1. The number of hydrogen-bond acceptors (Lipinski definition) is 5. The number of ether oxygens (including phenoxy) is 1. The highest BCUT2D eigenvalue weighted by atomic mass is 32.2. The second-order valence-corrected chi connectivity index (χ2v) is 5.58. The first-order valence-electron chi connectivity index (χ1n) is 6.88. The van der Waals surface area contributed by atoms with Gasteiger partial charge in [0.05, 0.1) is 13.2 Å². The van der Waals surface area contributed by atoms with Crippen LogP contribution in [0.1, 0.15) is 18.4 Å². The van der Waals surface area contributed by atoms with Gasteiger partial charge in [0.15, 0.2) is 5.12 Å². The Hall–Kier alpha value is -1.86. The molecule has 0 aliphatic heterocycles. The number of carbonyl (C=O) groups is 3. The Bertz CT molecular complexity index is 489. The Balaban J connectivity index is 2.23. The molecule has 0 saturated carbocycles. The molecule has 0 fully saturated rings. The molecule has 22 heavy (non-hydrogen) atoms. The molecule has 0 unspecified atom stereocenters. The summed E-state index contributed by atoms with van der Waals surface area (Å²) < 4.78 is 5.21. The molecular formula is C15H19NO5S. The minimum absolute atomic E-state index is 0.00151. The molecule has 0 aliphatic rings. The number of carbonyl (C=O) groups excluding carboxylic acids is 2. The van der Waals surface area contributed by atoms with E-state index in [1.165, 1.54) is 0 Å². The molecule has 0 heterocycles. The molecule has 1 amide bonds. The molecule has 1 rings (SSSR count). The first-order chi connectivity index (χ1) is 10.6. The highest BCUT2D eigenvalue weighted by Crippen LogP contribution is 2.21. The van der Waals surface area contributed by atoms with Crippen LogP contribution in [-0.2, 0) is 25.5 Å². The molecular weight excluding hydrogens is 306 g/mol. The first-order valence-corrected chi connectivity index (χ1v) is 7.69. The Labute approximate surface area is 133 Å². The lowest BCUT2D eigenvalue weighted by Crippen LogP contribution is -2.18. The zero-order valence-electron chi connectivity index (χ0n) is 12.1. The van der Waals surface area contributed by atoms with Crippen molar-refractivity contribution in [2.24, 2.45) is 0 Å². The molecule has 0 radical (unpaired) electrons. The van der Waals surface area contributed by atoms with Gasteiger partial charge in [-0.1, -0.05) is 23.9 Å². The number of aryl methyl sites for hydroxylation is 1. The summed E-state index contributed by atoms with van der Waals surface area (Å²) in [5.74, 6) is -0.822. The zero-order chi connectivity index (χ0) is 16.2. The molecule has 0 bridgehead atoms. The van der Waals surface area contributed by atoms with E-state index in [0.29, 0.717) is 39.0 Å². The fraction of sp³-hybridized carbons (Fsp3) is 0.400. The fourth-order valence-electron chi connectivity index (χ4n) is 1.61. The van der Waals surface area contributed by atoms with Crippen molar-refractivity contribution in [3.05, 3.63) is 29.8 Å². The molecule has 0 spiro atoms. The van der Waals surface area contributed by atoms with Crippen molar-refractivity contribution in [2.75, 3.05) is 19.8 Å². The van der Waals surface area contributed by atoms with Crippen molar-refractivity contribution in [3.63, 3.8) is 0 Å². The predicted octanol–water partition coefficient (Wildman–Crippen LogP) is 1.48. The van der Waals surface area contributed by atoms with Crippen LogP contribution in [0.2, 0.25) is 0 Å². The third kappa shape index (κ3) is 8.43. The van der Waals surface area contributed by atoms with Gasteiger partial charge in [0, 0.05) is 24.3 Å². The topological polar surface area (TPSA) is 92.7 Å². The summed E-state index contributed by atoms with van der Waals surface area (Å²) in [7, 11) is 0. The predicted molar refractivity (Wildman–Crippen MR) is 82.8 cm³/mol. The lowest BCUT2D eigenvalue weighted by atomic mass is 10.1. The summed E-state index contributed by atoms with van der Waals surface area (Å²) in [6.07, 6.45) is 1.48. The van der Waals surface area contributed by atoms with E-state index in [0.717, 1.165) is 22.2 Å². The zero-order valence-corrected chi connectivity index (χ0v) is 12.9. The van der Waals surface area contributed by atoms with E-state index in [9.17, 15) is 14.4 Å². The summed E-state index contributed by atoms with van der Waals surface area (Å²) in [5.41, 5.74) is 0.935. The SMILES string of the molecule is O=CNCCOCCC(=O)Sc1ccc(CCC(=O)O)cc1. The van der Waals surface area contributed by atoms with Gasteiger partial charge in [0.25, 0.3) is 0 Å². The summed E-state index contributed by atoms with van der Waals surface area (Å²) in [5, 5.41) is 11.1. The normalized spacial score (nSPS) is 10.2.